The molecule has 0 aromatic rings. The molecule has 3 heteroatoms. The molecule has 0 aromatic carbocycles. The Kier molecular flexibility index (Phi) is 4.16. The summed E-state index contributed by atoms with van der Waals surface area (Å²) < 4.78 is 2.46. The highest BCUT2D eigenvalue weighted by molar-refractivity contribution is 7.68. The maximum absolute atomic E-state index is 2.46. The highest BCUT2D eigenvalue weighted by Crippen LogP contribution is 2.45. The van der Waals surface area contributed by atoms with Crippen molar-refractivity contribution in [2.75, 3.05) is 33.7 Å². The van der Waals surface area contributed by atoms with Gasteiger partial charge in [-0.05, 0) is 49.9 Å². The van der Waals surface area contributed by atoms with Crippen LogP contribution in [-0.2, 0) is 0 Å². The van der Waals surface area contributed by atoms with Crippen molar-refractivity contribution in [2.45, 2.75) is 0 Å². The van der Waals surface area contributed by atoms with Gasteiger partial charge in [-0.15, -0.1) is 0 Å². The fourth-order valence-corrected chi connectivity index (χ4v) is 3.22. The molecule has 0 heterocycles. The normalized spacial score (nSPS) is 12.0. The zero-order valence-corrected chi connectivity index (χ0v) is 8.13. The second kappa shape index (κ2) is 3.77. The maximum atomic E-state index is 2.46. The molecule has 0 bridgehead atoms. The van der Waals surface area contributed by atoms with Crippen LogP contribution in [0.15, 0.2) is 0 Å². The van der Waals surface area contributed by atoms with Crippen LogP contribution < -0.4 is 0 Å². The lowest BCUT2D eigenvalue weighted by molar-refractivity contribution is 0.897. The molecule has 0 fully saturated rings. The molecule has 0 radical (unpaired) electrons. The molecule has 0 amide bonds. The summed E-state index contributed by atoms with van der Waals surface area (Å²) in [5.74, 6) is 0. The number of rotatable bonds is 2. The van der Waals surface area contributed by atoms with Gasteiger partial charge in [0, 0.05) is 0 Å². The van der Waals surface area contributed by atoms with Gasteiger partial charge < -0.3 is 0 Å². The van der Waals surface area contributed by atoms with E-state index in [4.69, 9.17) is 0 Å². The Labute approximate surface area is 55.1 Å². The maximum Gasteiger partial charge on any atom is -0.00536 e. The fourth-order valence-electron chi connectivity index (χ4n) is 0.358. The molecule has 0 saturated heterocycles. The van der Waals surface area contributed by atoms with Crippen LogP contribution in [0.4, 0.5) is 0 Å². The summed E-state index contributed by atoms with van der Waals surface area (Å²) in [6.07, 6.45) is 0. The Bertz CT molecular complexity index is 55.4. The largest absolute Gasteiger partial charge is 0.264 e. The first-order valence-electron chi connectivity index (χ1n) is 2.64. The topological polar surface area (TPSA) is 3.24 Å². The van der Waals surface area contributed by atoms with Crippen molar-refractivity contribution in [1.82, 2.24) is 4.44 Å². The van der Waals surface area contributed by atoms with E-state index in [9.17, 15) is 0 Å². The summed E-state index contributed by atoms with van der Waals surface area (Å²) in [4.78, 5) is 0. The van der Waals surface area contributed by atoms with E-state index in [0.29, 0.717) is 0 Å². The third-order valence-corrected chi connectivity index (χ3v) is 5.62. The Balaban J connectivity index is 3.46. The highest BCUT2D eigenvalue weighted by Gasteiger charge is 2.04. The van der Waals surface area contributed by atoms with Gasteiger partial charge in [0.15, 0.2) is 0 Å². The van der Waals surface area contributed by atoms with E-state index in [1.807, 2.05) is 0 Å². The summed E-state index contributed by atoms with van der Waals surface area (Å²) >= 11 is 0. The molecule has 0 spiro atoms. The van der Waals surface area contributed by atoms with Crippen LogP contribution in [0, 0.1) is 0 Å². The monoisotopic (exact) mass is 151 g/mol. The summed E-state index contributed by atoms with van der Waals surface area (Å²) in [5.41, 5.74) is 0. The van der Waals surface area contributed by atoms with Crippen molar-refractivity contribution in [2.24, 2.45) is 0 Å². The van der Waals surface area contributed by atoms with Crippen LogP contribution in [0.2, 0.25) is 0 Å². The van der Waals surface area contributed by atoms with Gasteiger partial charge in [-0.2, -0.15) is 0 Å². The quantitative estimate of drug-likeness (QED) is 0.547. The first kappa shape index (κ1) is 8.82. The first-order chi connectivity index (χ1) is 3.55. The fraction of sp³-hybridized carbons (Fsp3) is 1.00. The predicted molar refractivity (Wildman–Crippen MR) is 45.3 cm³/mol. The van der Waals surface area contributed by atoms with Crippen molar-refractivity contribution in [1.29, 1.82) is 0 Å². The molecule has 0 aliphatic heterocycles. The molecule has 0 aliphatic rings. The van der Waals surface area contributed by atoms with Crippen molar-refractivity contribution in [3.8, 4) is 0 Å². The third kappa shape index (κ3) is 2.97. The molecular formula is C5H15NP2. The molecule has 1 nitrogen and oxygen atoms in total. The summed E-state index contributed by atoms with van der Waals surface area (Å²) in [5, 5.41) is 0. The van der Waals surface area contributed by atoms with Gasteiger partial charge in [0.1, 0.15) is 0 Å². The minimum Gasteiger partial charge on any atom is -0.264 e. The van der Waals surface area contributed by atoms with Crippen LogP contribution in [0.1, 0.15) is 0 Å². The lowest BCUT2D eigenvalue weighted by Gasteiger charge is -2.24. The van der Waals surface area contributed by atoms with Crippen LogP contribution in [0.25, 0.3) is 0 Å². The van der Waals surface area contributed by atoms with Gasteiger partial charge in [-0.1, -0.05) is 0 Å². The Morgan fingerprint density at radius 2 is 1.12 bits per heavy atom. The van der Waals surface area contributed by atoms with Gasteiger partial charge in [0.05, 0.1) is 0 Å². The summed E-state index contributed by atoms with van der Waals surface area (Å²) in [6.45, 7) is 9.16. The molecule has 8 heavy (non-hydrogen) atoms. The summed E-state index contributed by atoms with van der Waals surface area (Å²) in [6, 6.07) is 0. The van der Waals surface area contributed by atoms with E-state index >= 15 is 0 Å². The van der Waals surface area contributed by atoms with Crippen LogP contribution in [0.5, 0.6) is 0 Å². The van der Waals surface area contributed by atoms with E-state index in [0.717, 1.165) is 0 Å². The molecule has 0 atom stereocenters. The molecular weight excluding hydrogens is 136 g/mol. The van der Waals surface area contributed by atoms with E-state index in [1.165, 1.54) is 0 Å². The van der Waals surface area contributed by atoms with Crippen LogP contribution in [-0.4, -0.2) is 38.1 Å². The van der Waals surface area contributed by atoms with E-state index in [2.05, 4.69) is 38.1 Å². The molecule has 50 valence electrons. The second-order valence-corrected chi connectivity index (χ2v) is 7.09. The van der Waals surface area contributed by atoms with E-state index < -0.39 is 0 Å². The Morgan fingerprint density at radius 1 is 0.875 bits per heavy atom. The SMILES string of the molecule is CN(P(C)C)P(C)C. The minimum absolute atomic E-state index is 0.161. The number of hydrogen-bond donors (Lipinski definition) is 0. The predicted octanol–water partition coefficient (Wildman–Crippen LogP) is 2.23. The average Bonchev–Trinajstić information content (AvgIpc) is 1.64. The van der Waals surface area contributed by atoms with Crippen LogP contribution in [0.3, 0.4) is 0 Å². The minimum atomic E-state index is 0.161. The molecule has 0 aliphatic carbocycles. The zero-order chi connectivity index (χ0) is 6.73. The van der Waals surface area contributed by atoms with Crippen molar-refractivity contribution >= 4 is 16.1 Å². The summed E-state index contributed by atoms with van der Waals surface area (Å²) in [7, 11) is 2.53. The van der Waals surface area contributed by atoms with Gasteiger partial charge in [0.2, 0.25) is 0 Å². The second-order valence-electron chi connectivity index (χ2n) is 2.18. The first-order valence-corrected chi connectivity index (χ1v) is 7.01. The van der Waals surface area contributed by atoms with Crippen molar-refractivity contribution < 1.29 is 0 Å². The number of hydrogen-bond acceptors (Lipinski definition) is 1. The van der Waals surface area contributed by atoms with Gasteiger partial charge in [-0.3, -0.25) is 4.44 Å². The Hall–Kier alpha value is 0.820. The standard InChI is InChI=1S/C5H15NP2/c1-6(7(2)3)8(4)5/h1-5H3. The van der Waals surface area contributed by atoms with Gasteiger partial charge in [0.25, 0.3) is 0 Å². The van der Waals surface area contributed by atoms with Crippen molar-refractivity contribution in [3.05, 3.63) is 0 Å². The van der Waals surface area contributed by atoms with Crippen LogP contribution >= 0.6 is 16.1 Å². The van der Waals surface area contributed by atoms with E-state index in [-0.39, 0.29) is 16.1 Å². The number of nitrogens with zero attached hydrogens (tertiary/aromatic N) is 1. The third-order valence-electron chi connectivity index (χ3n) is 1.16. The molecule has 0 saturated carbocycles. The Morgan fingerprint density at radius 3 is 1.12 bits per heavy atom. The van der Waals surface area contributed by atoms with Crippen molar-refractivity contribution in [3.63, 3.8) is 0 Å². The molecule has 0 N–H and O–H groups in total. The van der Waals surface area contributed by atoms with Gasteiger partial charge >= 0.3 is 0 Å². The lowest BCUT2D eigenvalue weighted by atomic mass is 11.6. The molecule has 0 unspecified atom stereocenters. The van der Waals surface area contributed by atoms with Gasteiger partial charge in [-0.25, -0.2) is 0 Å². The zero-order valence-electron chi connectivity index (χ0n) is 6.34. The molecule has 0 aromatic heterocycles. The van der Waals surface area contributed by atoms with E-state index in [1.54, 1.807) is 0 Å². The highest BCUT2D eigenvalue weighted by atomic mass is 31.2. The average molecular weight is 151 g/mol. The molecule has 0 rings (SSSR count). The smallest absolute Gasteiger partial charge is 0.00536 e. The lowest BCUT2D eigenvalue weighted by Crippen LogP contribution is -2.01.